The van der Waals surface area contributed by atoms with Crippen molar-refractivity contribution in [2.45, 2.75) is 32.2 Å². The second-order valence-corrected chi connectivity index (χ2v) is 8.84. The number of carbonyl (C=O) groups is 2. The minimum Gasteiger partial charge on any atom is -0.480 e. The molecule has 0 aliphatic carbocycles. The van der Waals surface area contributed by atoms with Crippen molar-refractivity contribution in [3.8, 4) is 0 Å². The van der Waals surface area contributed by atoms with Gasteiger partial charge in [-0.1, -0.05) is 74.1 Å². The summed E-state index contributed by atoms with van der Waals surface area (Å²) in [5.41, 5.74) is 2.00. The lowest BCUT2D eigenvalue weighted by Gasteiger charge is -2.22. The highest BCUT2D eigenvalue weighted by molar-refractivity contribution is 8.26. The lowest BCUT2D eigenvalue weighted by atomic mass is 10.0. The molecule has 1 heterocycles. The maximum Gasteiger partial charge on any atom is 0.326 e. The fraction of sp³-hybridized carbons (Fsp3) is 0.318. The minimum atomic E-state index is -1.02. The van der Waals surface area contributed by atoms with Crippen LogP contribution in [0.3, 0.4) is 0 Å². The van der Waals surface area contributed by atoms with Gasteiger partial charge in [0.1, 0.15) is 10.4 Å². The van der Waals surface area contributed by atoms with Crippen LogP contribution in [-0.4, -0.2) is 46.3 Å². The van der Waals surface area contributed by atoms with Crippen LogP contribution in [0, 0.1) is 0 Å². The number of carbonyl (C=O) groups excluding carboxylic acids is 1. The van der Waals surface area contributed by atoms with E-state index in [0.29, 0.717) is 15.6 Å². The monoisotopic (exact) mass is 428 g/mol. The number of hydrogen-bond donors (Lipinski definition) is 1. The number of thiocarbonyl (C=S) groups is 1. The molecule has 1 fully saturated rings. The molecule has 7 heteroatoms. The molecule has 1 saturated heterocycles. The average molecular weight is 429 g/mol. The molecule has 1 N–H and O–H groups in total. The average Bonchev–Trinajstić information content (AvgIpc) is 2.96. The zero-order chi connectivity index (χ0) is 21.1. The normalized spacial score (nSPS) is 16.7. The summed E-state index contributed by atoms with van der Waals surface area (Å²) in [5.74, 6) is -1.35. The number of rotatable bonds is 7. The predicted molar refractivity (Wildman–Crippen MR) is 124 cm³/mol. The number of fused-ring (bicyclic) bond motifs is 1. The highest BCUT2D eigenvalue weighted by Gasteiger charge is 2.40. The number of nitrogens with zero attached hydrogens (tertiary/aromatic N) is 2. The van der Waals surface area contributed by atoms with Gasteiger partial charge in [0.25, 0.3) is 5.91 Å². The van der Waals surface area contributed by atoms with E-state index in [0.717, 1.165) is 34.9 Å². The van der Waals surface area contributed by atoms with Crippen LogP contribution in [0.1, 0.15) is 31.7 Å². The molecule has 0 saturated carbocycles. The minimum absolute atomic E-state index is 0.305. The molecule has 1 atom stereocenters. The van der Waals surface area contributed by atoms with Gasteiger partial charge in [0.15, 0.2) is 0 Å². The molecule has 3 rings (SSSR count). The van der Waals surface area contributed by atoms with Crippen molar-refractivity contribution in [3.63, 3.8) is 0 Å². The number of thioether (sulfide) groups is 1. The predicted octanol–water partition coefficient (Wildman–Crippen LogP) is 4.75. The standard InChI is InChI=1S/C22H24N2O3S2/c1-4-5-10-18(21(26)27)24-20(25)19(29-22(24)28)13-14-11-12-17(23(2)3)16-9-7-6-8-15(14)16/h6-9,11-13,18H,4-5,10H2,1-3H3,(H,26,27)/b19-13-. The molecule has 0 bridgehead atoms. The number of aliphatic carboxylic acids is 1. The van der Waals surface area contributed by atoms with E-state index in [2.05, 4.69) is 11.0 Å². The third-order valence-corrected chi connectivity index (χ3v) is 6.28. The van der Waals surface area contributed by atoms with E-state index in [1.807, 2.05) is 57.4 Å². The Morgan fingerprint density at radius 1 is 1.24 bits per heavy atom. The number of benzene rings is 2. The molecule has 1 amide bonds. The molecule has 2 aromatic rings. The van der Waals surface area contributed by atoms with E-state index in [9.17, 15) is 14.7 Å². The van der Waals surface area contributed by atoms with Crippen molar-refractivity contribution >= 4 is 62.7 Å². The van der Waals surface area contributed by atoms with E-state index < -0.39 is 12.0 Å². The summed E-state index contributed by atoms with van der Waals surface area (Å²) in [6, 6.07) is 11.1. The summed E-state index contributed by atoms with van der Waals surface area (Å²) in [6.45, 7) is 1.99. The van der Waals surface area contributed by atoms with Gasteiger partial charge in [-0.3, -0.25) is 9.69 Å². The molecule has 1 aliphatic heterocycles. The van der Waals surface area contributed by atoms with Crippen LogP contribution in [0.25, 0.3) is 16.8 Å². The van der Waals surface area contributed by atoms with Crippen molar-refractivity contribution < 1.29 is 14.7 Å². The first-order chi connectivity index (χ1) is 13.8. The third kappa shape index (κ3) is 4.31. The van der Waals surface area contributed by atoms with Crippen LogP contribution in [0.15, 0.2) is 41.3 Å². The zero-order valence-electron chi connectivity index (χ0n) is 16.7. The van der Waals surface area contributed by atoms with Crippen LogP contribution in [0.2, 0.25) is 0 Å². The maximum atomic E-state index is 13.0. The largest absolute Gasteiger partial charge is 0.480 e. The van der Waals surface area contributed by atoms with E-state index in [-0.39, 0.29) is 5.91 Å². The van der Waals surface area contributed by atoms with Crippen LogP contribution in [0.4, 0.5) is 5.69 Å². The van der Waals surface area contributed by atoms with E-state index in [1.165, 1.54) is 16.7 Å². The first kappa shape index (κ1) is 21.3. The molecule has 0 spiro atoms. The lowest BCUT2D eigenvalue weighted by Crippen LogP contribution is -2.43. The summed E-state index contributed by atoms with van der Waals surface area (Å²) < 4.78 is 0.305. The van der Waals surface area contributed by atoms with Gasteiger partial charge in [-0.2, -0.15) is 0 Å². The lowest BCUT2D eigenvalue weighted by molar-refractivity contribution is -0.145. The van der Waals surface area contributed by atoms with Gasteiger partial charge in [-0.05, 0) is 29.5 Å². The van der Waals surface area contributed by atoms with Crippen molar-refractivity contribution in [2.24, 2.45) is 0 Å². The van der Waals surface area contributed by atoms with Gasteiger partial charge in [0.05, 0.1) is 4.91 Å². The molecule has 152 valence electrons. The maximum absolute atomic E-state index is 13.0. The highest BCUT2D eigenvalue weighted by Crippen LogP contribution is 2.37. The van der Waals surface area contributed by atoms with Gasteiger partial charge < -0.3 is 10.0 Å². The van der Waals surface area contributed by atoms with Crippen molar-refractivity contribution in [1.82, 2.24) is 4.90 Å². The molecule has 0 aromatic heterocycles. The summed E-state index contributed by atoms with van der Waals surface area (Å²) in [5, 5.41) is 11.7. The third-order valence-electron chi connectivity index (χ3n) is 4.95. The molecule has 2 aromatic carbocycles. The zero-order valence-corrected chi connectivity index (χ0v) is 18.3. The Labute approximate surface area is 180 Å². The quantitative estimate of drug-likeness (QED) is 0.507. The van der Waals surface area contributed by atoms with E-state index >= 15 is 0 Å². The molecular weight excluding hydrogens is 404 g/mol. The molecular formula is C22H24N2O3S2. The van der Waals surface area contributed by atoms with Crippen LogP contribution >= 0.6 is 24.0 Å². The number of carboxylic acid groups (broad SMARTS) is 1. The highest BCUT2D eigenvalue weighted by atomic mass is 32.2. The van der Waals surface area contributed by atoms with Gasteiger partial charge >= 0.3 is 5.97 Å². The summed E-state index contributed by atoms with van der Waals surface area (Å²) >= 11 is 6.53. The summed E-state index contributed by atoms with van der Waals surface area (Å²) in [6.07, 6.45) is 3.80. The Bertz CT molecular complexity index is 1000. The van der Waals surface area contributed by atoms with Gasteiger partial charge in [-0.15, -0.1) is 0 Å². The summed E-state index contributed by atoms with van der Waals surface area (Å²) in [7, 11) is 3.99. The molecule has 1 aliphatic rings. The van der Waals surface area contributed by atoms with Crippen molar-refractivity contribution in [2.75, 3.05) is 19.0 Å². The van der Waals surface area contributed by atoms with Gasteiger partial charge in [0.2, 0.25) is 0 Å². The number of carboxylic acids is 1. The summed E-state index contributed by atoms with van der Waals surface area (Å²) in [4.78, 5) is 28.5. The van der Waals surface area contributed by atoms with E-state index in [4.69, 9.17) is 12.2 Å². The first-order valence-corrected chi connectivity index (χ1v) is 10.8. The number of unbranched alkanes of at least 4 members (excludes halogenated alkanes) is 1. The Morgan fingerprint density at radius 3 is 2.55 bits per heavy atom. The topological polar surface area (TPSA) is 60.9 Å². The van der Waals surface area contributed by atoms with Gasteiger partial charge in [-0.25, -0.2) is 4.79 Å². The Balaban J connectivity index is 2.00. The Morgan fingerprint density at radius 2 is 1.93 bits per heavy atom. The Hall–Kier alpha value is -2.38. The molecule has 0 radical (unpaired) electrons. The van der Waals surface area contributed by atoms with Gasteiger partial charge in [0, 0.05) is 25.2 Å². The van der Waals surface area contributed by atoms with Crippen LogP contribution in [0.5, 0.6) is 0 Å². The Kier molecular flexibility index (Phi) is 6.59. The second-order valence-electron chi connectivity index (χ2n) is 7.16. The number of anilines is 1. The number of amides is 1. The van der Waals surface area contributed by atoms with Crippen LogP contribution in [-0.2, 0) is 9.59 Å². The fourth-order valence-electron chi connectivity index (χ4n) is 3.47. The first-order valence-electron chi connectivity index (χ1n) is 9.54. The van der Waals surface area contributed by atoms with Crippen molar-refractivity contribution in [3.05, 3.63) is 46.9 Å². The molecule has 1 unspecified atom stereocenters. The molecule has 29 heavy (non-hydrogen) atoms. The molecule has 5 nitrogen and oxygen atoms in total. The fourth-order valence-corrected chi connectivity index (χ4v) is 4.82. The van der Waals surface area contributed by atoms with E-state index in [1.54, 1.807) is 0 Å². The number of hydrogen-bond acceptors (Lipinski definition) is 5. The van der Waals surface area contributed by atoms with Crippen LogP contribution < -0.4 is 4.90 Å². The SMILES string of the molecule is CCCCC(C(=O)O)N1C(=O)/C(=C/c2ccc(N(C)C)c3ccccc23)SC1=S. The second kappa shape index (κ2) is 8.97. The smallest absolute Gasteiger partial charge is 0.326 e. The van der Waals surface area contributed by atoms with Crippen molar-refractivity contribution in [1.29, 1.82) is 0 Å².